The minimum absolute atomic E-state index is 0. The molecule has 0 fully saturated rings. The molecule has 90 valence electrons. The number of nitrogens with two attached hydrogens (primary N) is 1. The molecule has 0 aliphatic rings. The van der Waals surface area contributed by atoms with Crippen LogP contribution in [0.1, 0.15) is 17.3 Å². The number of carbonyl (C=O) groups excluding carboxylic acids is 1. The lowest BCUT2D eigenvalue weighted by molar-refractivity contribution is 0.0941. The van der Waals surface area contributed by atoms with Gasteiger partial charge in [-0.05, 0) is 31.2 Å². The van der Waals surface area contributed by atoms with Gasteiger partial charge in [-0.15, -0.1) is 12.4 Å². The second-order valence-corrected chi connectivity index (χ2v) is 3.34. The van der Waals surface area contributed by atoms with Gasteiger partial charge < -0.3 is 15.8 Å². The Hall–Kier alpha value is -1.26. The van der Waals surface area contributed by atoms with Gasteiger partial charge >= 0.3 is 0 Å². The average Bonchev–Trinajstić information content (AvgIpc) is 2.29. The second kappa shape index (κ2) is 7.09. The van der Waals surface area contributed by atoms with Crippen LogP contribution in [0.2, 0.25) is 0 Å². The van der Waals surface area contributed by atoms with Crippen LogP contribution < -0.4 is 15.8 Å². The summed E-state index contributed by atoms with van der Waals surface area (Å²) < 4.78 is 5.00. The summed E-state index contributed by atoms with van der Waals surface area (Å²) in [6, 6.07) is 6.93. The molecule has 0 bridgehead atoms. The van der Waals surface area contributed by atoms with Crippen LogP contribution in [-0.2, 0) is 0 Å². The number of ether oxygens (including phenoxy) is 1. The second-order valence-electron chi connectivity index (χ2n) is 3.34. The number of hydrogen-bond acceptors (Lipinski definition) is 3. The fourth-order valence-corrected chi connectivity index (χ4v) is 1.11. The highest BCUT2D eigenvalue weighted by Crippen LogP contribution is 2.11. The van der Waals surface area contributed by atoms with Gasteiger partial charge in [-0.3, -0.25) is 4.79 Å². The topological polar surface area (TPSA) is 64.3 Å². The number of halogens is 1. The van der Waals surface area contributed by atoms with Crippen molar-refractivity contribution in [1.29, 1.82) is 0 Å². The highest BCUT2D eigenvalue weighted by atomic mass is 35.5. The molecule has 0 heterocycles. The van der Waals surface area contributed by atoms with Crippen LogP contribution in [-0.4, -0.2) is 25.6 Å². The molecule has 0 saturated carbocycles. The predicted molar refractivity (Wildman–Crippen MR) is 66.2 cm³/mol. The summed E-state index contributed by atoms with van der Waals surface area (Å²) in [7, 11) is 1.59. The predicted octanol–water partition coefficient (Wildman–Crippen LogP) is 1.19. The van der Waals surface area contributed by atoms with Crippen LogP contribution in [0.5, 0.6) is 5.75 Å². The molecule has 0 aliphatic heterocycles. The Balaban J connectivity index is 0.00000225. The van der Waals surface area contributed by atoms with Crippen molar-refractivity contribution in [3.05, 3.63) is 29.8 Å². The highest BCUT2D eigenvalue weighted by Gasteiger charge is 2.07. The first-order chi connectivity index (χ1) is 7.17. The Morgan fingerprint density at radius 1 is 1.44 bits per heavy atom. The Labute approximate surface area is 102 Å². The van der Waals surface area contributed by atoms with E-state index >= 15 is 0 Å². The first-order valence-corrected chi connectivity index (χ1v) is 4.82. The first-order valence-electron chi connectivity index (χ1n) is 4.82. The molecule has 16 heavy (non-hydrogen) atoms. The van der Waals surface area contributed by atoms with Gasteiger partial charge in [0.2, 0.25) is 0 Å². The average molecular weight is 245 g/mol. The number of methoxy groups -OCH3 is 1. The first kappa shape index (κ1) is 14.7. The maximum absolute atomic E-state index is 11.6. The van der Waals surface area contributed by atoms with Crippen molar-refractivity contribution < 1.29 is 9.53 Å². The molecule has 0 radical (unpaired) electrons. The molecule has 3 N–H and O–H groups in total. The number of benzene rings is 1. The Morgan fingerprint density at radius 3 is 2.44 bits per heavy atom. The van der Waals surface area contributed by atoms with Crippen molar-refractivity contribution in [2.75, 3.05) is 13.7 Å². The SMILES string of the molecule is COc1ccc(C(=O)N[C@H](C)CN)cc1.Cl. The van der Waals surface area contributed by atoms with Gasteiger partial charge in [-0.2, -0.15) is 0 Å². The number of carbonyl (C=O) groups is 1. The lowest BCUT2D eigenvalue weighted by Gasteiger charge is -2.11. The van der Waals surface area contributed by atoms with Crippen LogP contribution in [0.25, 0.3) is 0 Å². The van der Waals surface area contributed by atoms with Crippen molar-refractivity contribution in [3.63, 3.8) is 0 Å². The highest BCUT2D eigenvalue weighted by molar-refractivity contribution is 5.94. The standard InChI is InChI=1S/C11H16N2O2.ClH/c1-8(7-12)13-11(14)9-3-5-10(15-2)6-4-9;/h3-6,8H,7,12H2,1-2H3,(H,13,14);1H/t8-;/m1./s1. The number of amides is 1. The molecule has 0 aliphatic carbocycles. The fourth-order valence-electron chi connectivity index (χ4n) is 1.11. The molecule has 0 unspecified atom stereocenters. The molecule has 1 amide bonds. The van der Waals surface area contributed by atoms with Crippen molar-refractivity contribution in [3.8, 4) is 5.75 Å². The van der Waals surface area contributed by atoms with E-state index in [-0.39, 0.29) is 24.4 Å². The van der Waals surface area contributed by atoms with Crippen LogP contribution in [0, 0.1) is 0 Å². The maximum Gasteiger partial charge on any atom is 0.251 e. The van der Waals surface area contributed by atoms with E-state index in [4.69, 9.17) is 10.5 Å². The molecule has 4 nitrogen and oxygen atoms in total. The molecule has 1 aromatic rings. The summed E-state index contributed by atoms with van der Waals surface area (Å²) in [4.78, 5) is 11.6. The van der Waals surface area contributed by atoms with E-state index in [2.05, 4.69) is 5.32 Å². The summed E-state index contributed by atoms with van der Waals surface area (Å²) in [5, 5.41) is 2.78. The zero-order valence-corrected chi connectivity index (χ0v) is 10.2. The molecular weight excluding hydrogens is 228 g/mol. The number of rotatable bonds is 4. The summed E-state index contributed by atoms with van der Waals surface area (Å²) >= 11 is 0. The van der Waals surface area contributed by atoms with Crippen LogP contribution >= 0.6 is 12.4 Å². The van der Waals surface area contributed by atoms with Gasteiger partial charge in [0.1, 0.15) is 5.75 Å². The normalized spacial score (nSPS) is 11.2. The third-order valence-corrected chi connectivity index (χ3v) is 2.08. The molecule has 0 aromatic heterocycles. The van der Waals surface area contributed by atoms with Gasteiger partial charge in [-0.1, -0.05) is 0 Å². The van der Waals surface area contributed by atoms with E-state index in [9.17, 15) is 4.79 Å². The van der Waals surface area contributed by atoms with E-state index < -0.39 is 0 Å². The molecule has 5 heteroatoms. The van der Waals surface area contributed by atoms with E-state index in [1.54, 1.807) is 31.4 Å². The van der Waals surface area contributed by atoms with Crippen molar-refractivity contribution in [2.45, 2.75) is 13.0 Å². The third-order valence-electron chi connectivity index (χ3n) is 2.08. The lowest BCUT2D eigenvalue weighted by atomic mass is 10.2. The zero-order valence-electron chi connectivity index (χ0n) is 9.40. The summed E-state index contributed by atoms with van der Waals surface area (Å²) in [5.74, 6) is 0.619. The van der Waals surface area contributed by atoms with Gasteiger partial charge in [0.25, 0.3) is 5.91 Å². The number of nitrogens with one attached hydrogen (secondary N) is 1. The maximum atomic E-state index is 11.6. The lowest BCUT2D eigenvalue weighted by Crippen LogP contribution is -2.37. The van der Waals surface area contributed by atoms with Gasteiger partial charge in [-0.25, -0.2) is 0 Å². The minimum atomic E-state index is -0.115. The number of hydrogen-bond donors (Lipinski definition) is 2. The summed E-state index contributed by atoms with van der Waals surface area (Å²) in [6.07, 6.45) is 0. The Morgan fingerprint density at radius 2 is 2.00 bits per heavy atom. The Kier molecular flexibility index (Phi) is 6.53. The van der Waals surface area contributed by atoms with Gasteiger partial charge in [0.15, 0.2) is 0 Å². The molecule has 1 atom stereocenters. The van der Waals surface area contributed by atoms with E-state index in [1.165, 1.54) is 0 Å². The van der Waals surface area contributed by atoms with Crippen molar-refractivity contribution in [1.82, 2.24) is 5.32 Å². The van der Waals surface area contributed by atoms with E-state index in [0.29, 0.717) is 12.1 Å². The largest absolute Gasteiger partial charge is 0.497 e. The van der Waals surface area contributed by atoms with Gasteiger partial charge in [0, 0.05) is 18.2 Å². The van der Waals surface area contributed by atoms with Crippen LogP contribution in [0.3, 0.4) is 0 Å². The van der Waals surface area contributed by atoms with Crippen LogP contribution in [0.4, 0.5) is 0 Å². The molecule has 1 aromatic carbocycles. The molecule has 0 saturated heterocycles. The minimum Gasteiger partial charge on any atom is -0.497 e. The smallest absolute Gasteiger partial charge is 0.251 e. The third kappa shape index (κ3) is 4.08. The van der Waals surface area contributed by atoms with Crippen molar-refractivity contribution >= 4 is 18.3 Å². The monoisotopic (exact) mass is 244 g/mol. The fraction of sp³-hybridized carbons (Fsp3) is 0.364. The summed E-state index contributed by atoms with van der Waals surface area (Å²) in [5.41, 5.74) is 6.02. The molecule has 1 rings (SSSR count). The zero-order chi connectivity index (χ0) is 11.3. The molecular formula is C11H17ClN2O2. The Bertz CT molecular complexity index is 327. The molecule has 0 spiro atoms. The summed E-state index contributed by atoms with van der Waals surface area (Å²) in [6.45, 7) is 2.29. The van der Waals surface area contributed by atoms with Crippen LogP contribution in [0.15, 0.2) is 24.3 Å². The van der Waals surface area contributed by atoms with E-state index in [1.807, 2.05) is 6.92 Å². The van der Waals surface area contributed by atoms with E-state index in [0.717, 1.165) is 5.75 Å². The van der Waals surface area contributed by atoms with Crippen molar-refractivity contribution in [2.24, 2.45) is 5.73 Å². The van der Waals surface area contributed by atoms with Gasteiger partial charge in [0.05, 0.1) is 7.11 Å². The quantitative estimate of drug-likeness (QED) is 0.837.